The number of carbonyl (C=O) groups is 3. The van der Waals surface area contributed by atoms with Gasteiger partial charge in [-0.15, -0.1) is 5.06 Å². The highest BCUT2D eigenvalue weighted by Crippen LogP contribution is 2.22. The third-order valence-electron chi connectivity index (χ3n) is 3.18. The Labute approximate surface area is 130 Å². The second-order valence-electron chi connectivity index (χ2n) is 6.25. The van der Waals surface area contributed by atoms with Crippen molar-refractivity contribution < 1.29 is 24.0 Å². The molecule has 0 atom stereocenters. The van der Waals surface area contributed by atoms with E-state index in [4.69, 9.17) is 9.57 Å². The summed E-state index contributed by atoms with van der Waals surface area (Å²) in [6.07, 6.45) is 0. The molecule has 0 bridgehead atoms. The number of hydrogen-bond donors (Lipinski definition) is 0. The molecule has 0 saturated heterocycles. The summed E-state index contributed by atoms with van der Waals surface area (Å²) >= 11 is 0. The maximum absolute atomic E-state index is 12.0. The fraction of sp³-hybridized carbons (Fsp3) is 0.400. The van der Waals surface area contributed by atoms with Crippen LogP contribution in [0.3, 0.4) is 0 Å². The maximum Gasteiger partial charge on any atom is 0.334 e. The van der Waals surface area contributed by atoms with Crippen molar-refractivity contribution in [3.8, 4) is 0 Å². The van der Waals surface area contributed by atoms with Crippen LogP contribution in [0.2, 0.25) is 25.7 Å². The van der Waals surface area contributed by atoms with Gasteiger partial charge >= 0.3 is 5.97 Å². The van der Waals surface area contributed by atoms with Crippen LogP contribution < -0.4 is 0 Å². The van der Waals surface area contributed by atoms with Gasteiger partial charge in [0.2, 0.25) is 0 Å². The number of imide groups is 1. The molecule has 7 heteroatoms. The zero-order chi connectivity index (χ0) is 16.3. The fourth-order valence-corrected chi connectivity index (χ4v) is 2.63. The molecular formula is C15H19NO5Si. The van der Waals surface area contributed by atoms with Crippen LogP contribution in [0.1, 0.15) is 20.7 Å². The van der Waals surface area contributed by atoms with Crippen molar-refractivity contribution in [2.24, 2.45) is 0 Å². The summed E-state index contributed by atoms with van der Waals surface area (Å²) in [5, 5.41) is 0.616. The number of hydroxylamine groups is 2. The van der Waals surface area contributed by atoms with Crippen LogP contribution >= 0.6 is 0 Å². The lowest BCUT2D eigenvalue weighted by atomic mass is 10.1. The summed E-state index contributed by atoms with van der Waals surface area (Å²) < 4.78 is 5.05. The van der Waals surface area contributed by atoms with Gasteiger partial charge in [0.25, 0.3) is 11.8 Å². The first-order valence-electron chi connectivity index (χ1n) is 7.06. The Bertz CT molecular complexity index is 573. The molecule has 0 aromatic heterocycles. The van der Waals surface area contributed by atoms with Gasteiger partial charge in [0.1, 0.15) is 0 Å². The highest BCUT2D eigenvalue weighted by molar-refractivity contribution is 6.76. The lowest BCUT2D eigenvalue weighted by Crippen LogP contribution is -2.33. The second-order valence-corrected chi connectivity index (χ2v) is 11.9. The molecule has 1 aliphatic heterocycles. The van der Waals surface area contributed by atoms with Crippen LogP contribution in [-0.2, 0) is 14.4 Å². The van der Waals surface area contributed by atoms with Crippen molar-refractivity contribution in [2.75, 3.05) is 13.2 Å². The highest BCUT2D eigenvalue weighted by atomic mass is 28.3. The molecule has 1 heterocycles. The van der Waals surface area contributed by atoms with Crippen molar-refractivity contribution in [1.29, 1.82) is 0 Å². The molecule has 1 aromatic rings. The Balaban J connectivity index is 1.84. The largest absolute Gasteiger partial charge is 0.464 e. The first-order valence-corrected chi connectivity index (χ1v) is 10.8. The van der Waals surface area contributed by atoms with Crippen LogP contribution in [0.15, 0.2) is 24.3 Å². The number of nitrogens with zero attached hydrogens (tertiary/aromatic N) is 1. The van der Waals surface area contributed by atoms with E-state index in [0.29, 0.717) is 11.7 Å². The minimum absolute atomic E-state index is 0.277. The fourth-order valence-electron chi connectivity index (χ4n) is 1.91. The summed E-state index contributed by atoms with van der Waals surface area (Å²) in [7, 11) is -1.27. The number of fused-ring (bicyclic) bond motifs is 1. The Hall–Kier alpha value is -1.99. The zero-order valence-electron chi connectivity index (χ0n) is 12.9. The Kier molecular flexibility index (Phi) is 4.77. The number of amides is 2. The molecule has 2 rings (SSSR count). The van der Waals surface area contributed by atoms with Crippen LogP contribution in [0.25, 0.3) is 0 Å². The van der Waals surface area contributed by atoms with Crippen LogP contribution in [0.4, 0.5) is 0 Å². The predicted molar refractivity (Wildman–Crippen MR) is 82.0 cm³/mol. The average molecular weight is 321 g/mol. The predicted octanol–water partition coefficient (Wildman–Crippen LogP) is 2.10. The molecule has 0 fully saturated rings. The number of esters is 1. The minimum atomic E-state index is -1.27. The number of benzene rings is 1. The first-order chi connectivity index (χ1) is 10.3. The Morgan fingerprint density at radius 3 is 2.14 bits per heavy atom. The van der Waals surface area contributed by atoms with Crippen LogP contribution in [-0.4, -0.2) is 44.1 Å². The summed E-state index contributed by atoms with van der Waals surface area (Å²) in [6.45, 7) is 6.40. The van der Waals surface area contributed by atoms with Gasteiger partial charge < -0.3 is 4.74 Å². The average Bonchev–Trinajstić information content (AvgIpc) is 2.68. The standard InChI is InChI=1S/C15H19NO5Si/c1-22(2,3)9-8-20-13(17)10-21-16-14(18)11-6-4-5-7-12(11)15(16)19/h4-7H,8-10H2,1-3H3. The van der Waals surface area contributed by atoms with E-state index >= 15 is 0 Å². The van der Waals surface area contributed by atoms with E-state index in [9.17, 15) is 14.4 Å². The van der Waals surface area contributed by atoms with Crippen LogP contribution in [0, 0.1) is 0 Å². The normalized spacial score (nSPS) is 14.2. The molecule has 0 saturated carbocycles. The van der Waals surface area contributed by atoms with Gasteiger partial charge in [0.15, 0.2) is 6.61 Å². The number of hydrogen-bond acceptors (Lipinski definition) is 5. The SMILES string of the molecule is C[Si](C)(C)CCOC(=O)CON1C(=O)c2ccccc2C1=O. The van der Waals surface area contributed by atoms with E-state index in [1.54, 1.807) is 24.3 Å². The molecule has 0 N–H and O–H groups in total. The van der Waals surface area contributed by atoms with Crippen LogP contribution in [0.5, 0.6) is 0 Å². The number of carbonyl (C=O) groups excluding carboxylic acids is 3. The van der Waals surface area contributed by atoms with Gasteiger partial charge in [-0.3, -0.25) is 14.4 Å². The quantitative estimate of drug-likeness (QED) is 0.456. The molecule has 0 spiro atoms. The number of ether oxygens (including phenoxy) is 1. The smallest absolute Gasteiger partial charge is 0.334 e. The van der Waals surface area contributed by atoms with Gasteiger partial charge in [-0.05, 0) is 18.2 Å². The minimum Gasteiger partial charge on any atom is -0.464 e. The van der Waals surface area contributed by atoms with Crippen molar-refractivity contribution >= 4 is 25.9 Å². The topological polar surface area (TPSA) is 72.9 Å². The third kappa shape index (κ3) is 3.80. The van der Waals surface area contributed by atoms with Gasteiger partial charge in [-0.1, -0.05) is 31.8 Å². The lowest BCUT2D eigenvalue weighted by Gasteiger charge is -2.16. The van der Waals surface area contributed by atoms with Crippen molar-refractivity contribution in [3.05, 3.63) is 35.4 Å². The second kappa shape index (κ2) is 6.41. The molecule has 0 unspecified atom stereocenters. The molecule has 22 heavy (non-hydrogen) atoms. The Morgan fingerprint density at radius 2 is 1.64 bits per heavy atom. The molecule has 6 nitrogen and oxygen atoms in total. The zero-order valence-corrected chi connectivity index (χ0v) is 13.9. The molecule has 1 aromatic carbocycles. The summed E-state index contributed by atoms with van der Waals surface area (Å²) in [4.78, 5) is 40.6. The molecule has 1 aliphatic rings. The van der Waals surface area contributed by atoms with E-state index in [2.05, 4.69) is 19.6 Å². The van der Waals surface area contributed by atoms with Crippen molar-refractivity contribution in [2.45, 2.75) is 25.7 Å². The summed E-state index contributed by atoms with van der Waals surface area (Å²) in [5.74, 6) is -1.71. The summed E-state index contributed by atoms with van der Waals surface area (Å²) in [6, 6.07) is 7.28. The molecule has 118 valence electrons. The molecular weight excluding hydrogens is 302 g/mol. The molecule has 0 aliphatic carbocycles. The van der Waals surface area contributed by atoms with Crippen molar-refractivity contribution in [3.63, 3.8) is 0 Å². The number of rotatable bonds is 6. The lowest BCUT2D eigenvalue weighted by molar-refractivity contribution is -0.160. The third-order valence-corrected chi connectivity index (χ3v) is 4.89. The first kappa shape index (κ1) is 16.4. The van der Waals surface area contributed by atoms with E-state index in [0.717, 1.165) is 6.04 Å². The molecule has 2 amide bonds. The summed E-state index contributed by atoms with van der Waals surface area (Å²) in [5.41, 5.74) is 0.555. The van der Waals surface area contributed by atoms with Gasteiger partial charge in [-0.2, -0.15) is 0 Å². The molecule has 0 radical (unpaired) electrons. The van der Waals surface area contributed by atoms with Crippen molar-refractivity contribution in [1.82, 2.24) is 5.06 Å². The van der Waals surface area contributed by atoms with E-state index < -0.39 is 32.5 Å². The highest BCUT2D eigenvalue weighted by Gasteiger charge is 2.36. The van der Waals surface area contributed by atoms with E-state index in [1.165, 1.54) is 0 Å². The van der Waals surface area contributed by atoms with Gasteiger partial charge in [0.05, 0.1) is 17.7 Å². The van der Waals surface area contributed by atoms with E-state index in [1.807, 2.05) is 0 Å². The van der Waals surface area contributed by atoms with E-state index in [-0.39, 0.29) is 11.1 Å². The van der Waals surface area contributed by atoms with Gasteiger partial charge in [-0.25, -0.2) is 4.79 Å². The maximum atomic E-state index is 12.0. The van der Waals surface area contributed by atoms with Gasteiger partial charge in [0, 0.05) is 8.07 Å². The monoisotopic (exact) mass is 321 g/mol. The Morgan fingerprint density at radius 1 is 1.09 bits per heavy atom.